The maximum atomic E-state index is 11.9. The SMILES string of the molecule is CC(CC(=O)NCc1cc(Br)cs1)C1CCCNC1. The summed E-state index contributed by atoms with van der Waals surface area (Å²) in [5.74, 6) is 1.28. The monoisotopic (exact) mass is 344 g/mol. The van der Waals surface area contributed by atoms with Crippen LogP contribution in [-0.4, -0.2) is 19.0 Å². The molecule has 106 valence electrons. The van der Waals surface area contributed by atoms with Crippen molar-refractivity contribution in [1.29, 1.82) is 0 Å². The van der Waals surface area contributed by atoms with Crippen LogP contribution in [0.15, 0.2) is 15.9 Å². The van der Waals surface area contributed by atoms with E-state index in [0.717, 1.165) is 17.6 Å². The van der Waals surface area contributed by atoms with Crippen LogP contribution >= 0.6 is 27.3 Å². The molecule has 2 rings (SSSR count). The third kappa shape index (κ3) is 4.89. The van der Waals surface area contributed by atoms with Crippen molar-refractivity contribution in [3.63, 3.8) is 0 Å². The van der Waals surface area contributed by atoms with E-state index < -0.39 is 0 Å². The highest BCUT2D eigenvalue weighted by molar-refractivity contribution is 9.10. The Balaban J connectivity index is 1.71. The van der Waals surface area contributed by atoms with Crippen molar-refractivity contribution in [2.75, 3.05) is 13.1 Å². The number of amides is 1. The molecule has 0 radical (unpaired) electrons. The summed E-state index contributed by atoms with van der Waals surface area (Å²) in [5, 5.41) is 8.47. The summed E-state index contributed by atoms with van der Waals surface area (Å²) in [5.41, 5.74) is 0. The quantitative estimate of drug-likeness (QED) is 0.861. The Morgan fingerprint density at radius 3 is 3.16 bits per heavy atom. The summed E-state index contributed by atoms with van der Waals surface area (Å²) < 4.78 is 1.09. The lowest BCUT2D eigenvalue weighted by Crippen LogP contribution is -2.35. The van der Waals surface area contributed by atoms with E-state index in [4.69, 9.17) is 0 Å². The van der Waals surface area contributed by atoms with Crippen LogP contribution in [0, 0.1) is 11.8 Å². The number of thiophene rings is 1. The molecule has 1 aromatic rings. The predicted molar refractivity (Wildman–Crippen MR) is 83.2 cm³/mol. The number of rotatable bonds is 5. The van der Waals surface area contributed by atoms with Crippen LogP contribution in [-0.2, 0) is 11.3 Å². The molecule has 1 saturated heterocycles. The normalized spacial score (nSPS) is 21.1. The minimum absolute atomic E-state index is 0.169. The molecule has 0 spiro atoms. The van der Waals surface area contributed by atoms with E-state index in [1.807, 2.05) is 5.38 Å². The van der Waals surface area contributed by atoms with Crippen molar-refractivity contribution in [3.8, 4) is 0 Å². The number of hydrogen-bond donors (Lipinski definition) is 2. The molecule has 0 bridgehead atoms. The lowest BCUT2D eigenvalue weighted by molar-refractivity contribution is -0.122. The molecule has 0 saturated carbocycles. The minimum Gasteiger partial charge on any atom is -0.351 e. The van der Waals surface area contributed by atoms with Gasteiger partial charge >= 0.3 is 0 Å². The van der Waals surface area contributed by atoms with Gasteiger partial charge in [0.05, 0.1) is 6.54 Å². The number of piperidine rings is 1. The summed E-state index contributed by atoms with van der Waals surface area (Å²) in [6.07, 6.45) is 3.12. The van der Waals surface area contributed by atoms with Gasteiger partial charge in [-0.2, -0.15) is 0 Å². The van der Waals surface area contributed by atoms with Gasteiger partial charge in [-0.1, -0.05) is 6.92 Å². The fraction of sp³-hybridized carbons (Fsp3) is 0.643. The fourth-order valence-corrected chi connectivity index (χ4v) is 3.92. The van der Waals surface area contributed by atoms with E-state index in [1.165, 1.54) is 17.7 Å². The summed E-state index contributed by atoms with van der Waals surface area (Å²) >= 11 is 5.09. The van der Waals surface area contributed by atoms with Gasteiger partial charge in [0.15, 0.2) is 0 Å². The summed E-state index contributed by atoms with van der Waals surface area (Å²) in [7, 11) is 0. The predicted octanol–water partition coefficient (Wildman–Crippen LogP) is 3.15. The first kappa shape index (κ1) is 15.0. The molecule has 1 fully saturated rings. The second-order valence-corrected chi connectivity index (χ2v) is 7.21. The molecular weight excluding hydrogens is 324 g/mol. The fourth-order valence-electron chi connectivity index (χ4n) is 2.53. The zero-order valence-corrected chi connectivity index (χ0v) is 13.6. The van der Waals surface area contributed by atoms with E-state index in [-0.39, 0.29) is 5.91 Å². The van der Waals surface area contributed by atoms with Gasteiger partial charge in [0.1, 0.15) is 0 Å². The molecule has 2 N–H and O–H groups in total. The lowest BCUT2D eigenvalue weighted by atomic mass is 9.85. The minimum atomic E-state index is 0.169. The van der Waals surface area contributed by atoms with Crippen molar-refractivity contribution in [2.24, 2.45) is 11.8 Å². The molecule has 1 aromatic heterocycles. The molecule has 3 nitrogen and oxygen atoms in total. The third-order valence-corrected chi connectivity index (χ3v) is 5.43. The molecule has 1 aliphatic rings. The average Bonchev–Trinajstić information content (AvgIpc) is 2.83. The lowest BCUT2D eigenvalue weighted by Gasteiger charge is -2.27. The van der Waals surface area contributed by atoms with E-state index in [2.05, 4.69) is 39.6 Å². The van der Waals surface area contributed by atoms with Gasteiger partial charge in [-0.15, -0.1) is 11.3 Å². The molecule has 2 heterocycles. The average molecular weight is 345 g/mol. The standard InChI is InChI=1S/C14H21BrN2OS/c1-10(11-3-2-4-16-7-11)5-14(18)17-8-13-6-12(15)9-19-13/h6,9-11,16H,2-5,7-8H2,1H3,(H,17,18). The molecular formula is C14H21BrN2OS. The van der Waals surface area contributed by atoms with Gasteiger partial charge in [-0.05, 0) is 59.8 Å². The number of nitrogens with one attached hydrogen (secondary N) is 2. The van der Waals surface area contributed by atoms with Gasteiger partial charge in [0.2, 0.25) is 5.91 Å². The highest BCUT2D eigenvalue weighted by atomic mass is 79.9. The summed E-state index contributed by atoms with van der Waals surface area (Å²) in [6.45, 7) is 5.03. The van der Waals surface area contributed by atoms with Crippen LogP contribution in [0.3, 0.4) is 0 Å². The van der Waals surface area contributed by atoms with Gasteiger partial charge in [0.25, 0.3) is 0 Å². The molecule has 1 aliphatic heterocycles. The first-order valence-electron chi connectivity index (χ1n) is 6.85. The molecule has 19 heavy (non-hydrogen) atoms. The van der Waals surface area contributed by atoms with Gasteiger partial charge in [-0.25, -0.2) is 0 Å². The van der Waals surface area contributed by atoms with Crippen molar-refractivity contribution < 1.29 is 4.79 Å². The Bertz CT molecular complexity index is 415. The van der Waals surface area contributed by atoms with Crippen LogP contribution < -0.4 is 10.6 Å². The van der Waals surface area contributed by atoms with Crippen molar-refractivity contribution in [1.82, 2.24) is 10.6 Å². The zero-order valence-electron chi connectivity index (χ0n) is 11.2. The third-order valence-electron chi connectivity index (χ3n) is 3.73. The van der Waals surface area contributed by atoms with E-state index in [0.29, 0.717) is 24.8 Å². The highest BCUT2D eigenvalue weighted by Gasteiger charge is 2.21. The maximum Gasteiger partial charge on any atom is 0.220 e. The maximum absolute atomic E-state index is 11.9. The van der Waals surface area contributed by atoms with Crippen LogP contribution in [0.2, 0.25) is 0 Å². The zero-order chi connectivity index (χ0) is 13.7. The number of carbonyl (C=O) groups excluding carboxylic acids is 1. The smallest absolute Gasteiger partial charge is 0.220 e. The molecule has 5 heteroatoms. The first-order chi connectivity index (χ1) is 9.15. The van der Waals surface area contributed by atoms with Crippen molar-refractivity contribution >= 4 is 33.2 Å². The number of halogens is 1. The van der Waals surface area contributed by atoms with Gasteiger partial charge < -0.3 is 10.6 Å². The number of hydrogen-bond acceptors (Lipinski definition) is 3. The topological polar surface area (TPSA) is 41.1 Å². The van der Waals surface area contributed by atoms with Gasteiger partial charge in [0, 0.05) is 21.2 Å². The molecule has 2 atom stereocenters. The molecule has 0 aromatic carbocycles. The van der Waals surface area contributed by atoms with Gasteiger partial charge in [-0.3, -0.25) is 4.79 Å². The Kier molecular flexibility index (Phi) is 5.85. The Hall–Kier alpha value is -0.390. The number of carbonyl (C=O) groups is 1. The van der Waals surface area contributed by atoms with Crippen LogP contribution in [0.4, 0.5) is 0 Å². The van der Waals surface area contributed by atoms with Crippen LogP contribution in [0.25, 0.3) is 0 Å². The largest absolute Gasteiger partial charge is 0.351 e. The van der Waals surface area contributed by atoms with Crippen molar-refractivity contribution in [2.45, 2.75) is 32.7 Å². The molecule has 0 aliphatic carbocycles. The Labute approximate surface area is 127 Å². The van der Waals surface area contributed by atoms with E-state index >= 15 is 0 Å². The van der Waals surface area contributed by atoms with Crippen LogP contribution in [0.1, 0.15) is 31.1 Å². The Morgan fingerprint density at radius 1 is 1.68 bits per heavy atom. The molecule has 1 amide bonds. The summed E-state index contributed by atoms with van der Waals surface area (Å²) in [6, 6.07) is 2.05. The summed E-state index contributed by atoms with van der Waals surface area (Å²) in [4.78, 5) is 13.1. The van der Waals surface area contributed by atoms with E-state index in [9.17, 15) is 4.79 Å². The highest BCUT2D eigenvalue weighted by Crippen LogP contribution is 2.23. The van der Waals surface area contributed by atoms with E-state index in [1.54, 1.807) is 11.3 Å². The molecule has 2 unspecified atom stereocenters. The van der Waals surface area contributed by atoms with Crippen LogP contribution in [0.5, 0.6) is 0 Å². The second kappa shape index (κ2) is 7.41. The van der Waals surface area contributed by atoms with Crippen molar-refractivity contribution in [3.05, 3.63) is 20.8 Å². The Morgan fingerprint density at radius 2 is 2.53 bits per heavy atom. The second-order valence-electron chi connectivity index (χ2n) is 5.30. The first-order valence-corrected chi connectivity index (χ1v) is 8.52.